The lowest BCUT2D eigenvalue weighted by Crippen LogP contribution is -2.51. The van der Waals surface area contributed by atoms with E-state index in [0.717, 1.165) is 0 Å². The van der Waals surface area contributed by atoms with Crippen LogP contribution in [0.5, 0.6) is 5.75 Å². The monoisotopic (exact) mass is 371 g/mol. The summed E-state index contributed by atoms with van der Waals surface area (Å²) in [6, 6.07) is 10.1. The highest BCUT2D eigenvalue weighted by Gasteiger charge is 2.26. The number of anilines is 1. The quantitative estimate of drug-likeness (QED) is 0.862. The molecule has 2 heterocycles. The molecule has 0 radical (unpaired) electrons. The van der Waals surface area contributed by atoms with Crippen LogP contribution >= 0.6 is 0 Å². The summed E-state index contributed by atoms with van der Waals surface area (Å²) in [5.74, 6) is 0.405. The molecule has 1 aromatic carbocycles. The molecule has 0 aliphatic carbocycles. The summed E-state index contributed by atoms with van der Waals surface area (Å²) in [7, 11) is 0. The Morgan fingerprint density at radius 3 is 2.30 bits per heavy atom. The van der Waals surface area contributed by atoms with Gasteiger partial charge in [-0.25, -0.2) is 0 Å². The van der Waals surface area contributed by atoms with Crippen molar-refractivity contribution in [3.05, 3.63) is 48.4 Å². The second-order valence-electron chi connectivity index (χ2n) is 6.14. The maximum Gasteiger partial charge on any atom is 0.289 e. The van der Waals surface area contributed by atoms with E-state index >= 15 is 0 Å². The third kappa shape index (κ3) is 4.87. The van der Waals surface area contributed by atoms with E-state index < -0.39 is 0 Å². The zero-order valence-corrected chi connectivity index (χ0v) is 15.0. The summed E-state index contributed by atoms with van der Waals surface area (Å²) in [4.78, 5) is 38.9. The number of amides is 3. The molecule has 142 valence electrons. The average molecular weight is 371 g/mol. The lowest BCUT2D eigenvalue weighted by molar-refractivity contribution is -0.134. The molecule has 8 heteroatoms. The molecule has 1 fully saturated rings. The molecule has 1 saturated heterocycles. The van der Waals surface area contributed by atoms with Crippen molar-refractivity contribution in [1.29, 1.82) is 0 Å². The third-order valence-electron chi connectivity index (χ3n) is 4.19. The molecular formula is C19H21N3O5. The molecule has 1 aliphatic heterocycles. The first kappa shape index (κ1) is 18.5. The number of nitrogens with one attached hydrogen (secondary N) is 1. The van der Waals surface area contributed by atoms with Crippen LogP contribution in [-0.4, -0.2) is 60.3 Å². The molecule has 0 unspecified atom stereocenters. The van der Waals surface area contributed by atoms with E-state index in [0.29, 0.717) is 43.4 Å². The number of piperazine rings is 1. The van der Waals surface area contributed by atoms with Crippen LogP contribution < -0.4 is 10.1 Å². The Balaban J connectivity index is 1.44. The molecular weight excluding hydrogens is 350 g/mol. The van der Waals surface area contributed by atoms with Gasteiger partial charge in [0, 0.05) is 38.8 Å². The average Bonchev–Trinajstić information content (AvgIpc) is 3.21. The van der Waals surface area contributed by atoms with Crippen molar-refractivity contribution in [2.45, 2.75) is 6.92 Å². The SMILES string of the molecule is CC(=O)Nc1ccc(OCC(=O)N2CCN(C(=O)c3ccco3)CC2)cc1. The number of furan rings is 1. The number of nitrogens with zero attached hydrogens (tertiary/aromatic N) is 2. The van der Waals surface area contributed by atoms with Gasteiger partial charge in [-0.05, 0) is 36.4 Å². The number of rotatable bonds is 5. The van der Waals surface area contributed by atoms with E-state index in [2.05, 4.69) is 5.32 Å². The number of carbonyl (C=O) groups is 3. The molecule has 1 aromatic heterocycles. The van der Waals surface area contributed by atoms with Gasteiger partial charge in [0.05, 0.1) is 6.26 Å². The van der Waals surface area contributed by atoms with Crippen LogP contribution in [0.3, 0.4) is 0 Å². The lowest BCUT2D eigenvalue weighted by Gasteiger charge is -2.34. The Morgan fingerprint density at radius 1 is 1.04 bits per heavy atom. The minimum Gasteiger partial charge on any atom is -0.484 e. The molecule has 0 atom stereocenters. The van der Waals surface area contributed by atoms with Gasteiger partial charge in [0.15, 0.2) is 12.4 Å². The summed E-state index contributed by atoms with van der Waals surface area (Å²) in [5.41, 5.74) is 0.665. The number of hydrogen-bond donors (Lipinski definition) is 1. The first-order chi connectivity index (χ1) is 13.0. The van der Waals surface area contributed by atoms with Crippen molar-refractivity contribution in [2.24, 2.45) is 0 Å². The fourth-order valence-electron chi connectivity index (χ4n) is 2.79. The standard InChI is InChI=1S/C19H21N3O5/c1-14(23)20-15-4-6-16(7-5-15)27-13-18(24)21-8-10-22(11-9-21)19(25)17-3-2-12-26-17/h2-7,12H,8-11,13H2,1H3,(H,20,23). The normalized spacial score (nSPS) is 14.0. The van der Waals surface area contributed by atoms with E-state index in [1.807, 2.05) is 0 Å². The van der Waals surface area contributed by atoms with Crippen molar-refractivity contribution in [3.8, 4) is 5.75 Å². The van der Waals surface area contributed by atoms with Gasteiger partial charge in [0.25, 0.3) is 11.8 Å². The second-order valence-corrected chi connectivity index (χ2v) is 6.14. The lowest BCUT2D eigenvalue weighted by atomic mass is 10.2. The van der Waals surface area contributed by atoms with Gasteiger partial charge in [0.2, 0.25) is 5.91 Å². The van der Waals surface area contributed by atoms with Crippen LogP contribution in [-0.2, 0) is 9.59 Å². The minimum absolute atomic E-state index is 0.0778. The Bertz CT molecular complexity index is 793. The highest BCUT2D eigenvalue weighted by molar-refractivity contribution is 5.91. The Hall–Kier alpha value is -3.29. The Morgan fingerprint density at radius 2 is 1.70 bits per heavy atom. The van der Waals surface area contributed by atoms with Gasteiger partial charge in [-0.2, -0.15) is 0 Å². The van der Waals surface area contributed by atoms with Crippen molar-refractivity contribution < 1.29 is 23.5 Å². The molecule has 0 saturated carbocycles. The highest BCUT2D eigenvalue weighted by atomic mass is 16.5. The largest absolute Gasteiger partial charge is 0.484 e. The topological polar surface area (TPSA) is 92.1 Å². The summed E-state index contributed by atoms with van der Waals surface area (Å²) >= 11 is 0. The number of benzene rings is 1. The third-order valence-corrected chi connectivity index (χ3v) is 4.19. The predicted octanol–water partition coefficient (Wildman–Crippen LogP) is 1.60. The molecule has 8 nitrogen and oxygen atoms in total. The van der Waals surface area contributed by atoms with Gasteiger partial charge in [-0.1, -0.05) is 0 Å². The van der Waals surface area contributed by atoms with E-state index in [-0.39, 0.29) is 24.3 Å². The highest BCUT2D eigenvalue weighted by Crippen LogP contribution is 2.16. The van der Waals surface area contributed by atoms with Crippen LogP contribution in [0.15, 0.2) is 47.1 Å². The van der Waals surface area contributed by atoms with Crippen LogP contribution in [0.2, 0.25) is 0 Å². The van der Waals surface area contributed by atoms with E-state index in [1.165, 1.54) is 13.2 Å². The van der Waals surface area contributed by atoms with Gasteiger partial charge >= 0.3 is 0 Å². The number of hydrogen-bond acceptors (Lipinski definition) is 5. The smallest absolute Gasteiger partial charge is 0.289 e. The van der Waals surface area contributed by atoms with Crippen molar-refractivity contribution in [1.82, 2.24) is 9.80 Å². The van der Waals surface area contributed by atoms with Crippen LogP contribution in [0, 0.1) is 0 Å². The fraction of sp³-hybridized carbons (Fsp3) is 0.316. The van der Waals surface area contributed by atoms with Gasteiger partial charge in [0.1, 0.15) is 5.75 Å². The fourth-order valence-corrected chi connectivity index (χ4v) is 2.79. The zero-order chi connectivity index (χ0) is 19.2. The number of carbonyl (C=O) groups excluding carboxylic acids is 3. The van der Waals surface area contributed by atoms with E-state index in [9.17, 15) is 14.4 Å². The molecule has 1 aliphatic rings. The van der Waals surface area contributed by atoms with Crippen LogP contribution in [0.4, 0.5) is 5.69 Å². The second kappa shape index (κ2) is 8.39. The Labute approximate surface area is 156 Å². The molecule has 3 rings (SSSR count). The zero-order valence-electron chi connectivity index (χ0n) is 15.0. The molecule has 1 N–H and O–H groups in total. The number of ether oxygens (including phenoxy) is 1. The van der Waals surface area contributed by atoms with Crippen molar-refractivity contribution in [2.75, 3.05) is 38.1 Å². The first-order valence-electron chi connectivity index (χ1n) is 8.64. The molecule has 2 aromatic rings. The van der Waals surface area contributed by atoms with E-state index in [4.69, 9.17) is 9.15 Å². The summed E-state index contributed by atoms with van der Waals surface area (Å²) < 4.78 is 10.6. The summed E-state index contributed by atoms with van der Waals surface area (Å²) in [6.07, 6.45) is 1.47. The molecule has 0 bridgehead atoms. The first-order valence-corrected chi connectivity index (χ1v) is 8.64. The van der Waals surface area contributed by atoms with Gasteiger partial charge < -0.3 is 24.3 Å². The molecule has 3 amide bonds. The summed E-state index contributed by atoms with van der Waals surface area (Å²) in [5, 5.41) is 2.66. The van der Waals surface area contributed by atoms with Gasteiger partial charge in [-0.3, -0.25) is 14.4 Å². The summed E-state index contributed by atoms with van der Waals surface area (Å²) in [6.45, 7) is 3.18. The van der Waals surface area contributed by atoms with Crippen molar-refractivity contribution >= 4 is 23.4 Å². The van der Waals surface area contributed by atoms with E-state index in [1.54, 1.807) is 46.2 Å². The maximum atomic E-state index is 12.3. The van der Waals surface area contributed by atoms with Gasteiger partial charge in [-0.15, -0.1) is 0 Å². The Kier molecular flexibility index (Phi) is 5.75. The van der Waals surface area contributed by atoms with Crippen LogP contribution in [0.1, 0.15) is 17.5 Å². The molecule has 0 spiro atoms. The minimum atomic E-state index is -0.164. The van der Waals surface area contributed by atoms with Crippen LogP contribution in [0.25, 0.3) is 0 Å². The predicted molar refractivity (Wildman–Crippen MR) is 97.4 cm³/mol. The molecule has 27 heavy (non-hydrogen) atoms. The van der Waals surface area contributed by atoms with Crippen molar-refractivity contribution in [3.63, 3.8) is 0 Å². The maximum absolute atomic E-state index is 12.3.